The van der Waals surface area contributed by atoms with Crippen LogP contribution >= 0.6 is 0 Å². The van der Waals surface area contributed by atoms with E-state index in [0.717, 1.165) is 5.56 Å². The molecule has 1 N–H and O–H groups in total. The molecule has 4 nitrogen and oxygen atoms in total. The second kappa shape index (κ2) is 5.68. The van der Waals surface area contributed by atoms with Crippen molar-refractivity contribution in [2.75, 3.05) is 25.7 Å². The fraction of sp³-hybridized carbons (Fsp3) is 0.462. The van der Waals surface area contributed by atoms with Crippen LogP contribution in [0.15, 0.2) is 18.2 Å². The molecule has 0 fully saturated rings. The van der Waals surface area contributed by atoms with E-state index in [1.807, 2.05) is 18.2 Å². The molecule has 1 rings (SSSR count). The van der Waals surface area contributed by atoms with E-state index in [1.165, 1.54) is 4.90 Å². The van der Waals surface area contributed by atoms with Crippen molar-refractivity contribution in [2.24, 2.45) is 0 Å². The van der Waals surface area contributed by atoms with Crippen molar-refractivity contribution in [3.63, 3.8) is 0 Å². The third-order valence-corrected chi connectivity index (χ3v) is 2.74. The molecule has 0 atom stereocenters. The number of rotatable bonds is 4. The summed E-state index contributed by atoms with van der Waals surface area (Å²) in [6.07, 6.45) is 0. The molecule has 0 aliphatic heterocycles. The molecular formula is C13H19NO3. The van der Waals surface area contributed by atoms with Crippen LogP contribution in [0, 0.1) is 0 Å². The lowest BCUT2D eigenvalue weighted by Crippen LogP contribution is -2.29. The summed E-state index contributed by atoms with van der Waals surface area (Å²) in [5, 5.41) is 8.88. The van der Waals surface area contributed by atoms with Gasteiger partial charge in [-0.15, -0.1) is 0 Å². The highest BCUT2D eigenvalue weighted by atomic mass is 16.5. The van der Waals surface area contributed by atoms with Crippen LogP contribution in [0.2, 0.25) is 0 Å². The van der Waals surface area contributed by atoms with Gasteiger partial charge in [-0.25, -0.2) is 0 Å². The predicted molar refractivity (Wildman–Crippen MR) is 67.6 cm³/mol. The average Bonchev–Trinajstić information content (AvgIpc) is 2.35. The Bertz CT molecular complexity index is 402. The molecule has 94 valence electrons. The van der Waals surface area contributed by atoms with Crippen LogP contribution < -0.4 is 9.64 Å². The molecule has 1 aromatic rings. The van der Waals surface area contributed by atoms with Crippen LogP contribution in [0.4, 0.5) is 5.69 Å². The Morgan fingerprint density at radius 1 is 1.47 bits per heavy atom. The number of nitrogens with zero attached hydrogens (tertiary/aromatic N) is 1. The smallest absolute Gasteiger partial charge is 0.252 e. The van der Waals surface area contributed by atoms with E-state index in [2.05, 4.69) is 13.8 Å². The van der Waals surface area contributed by atoms with Gasteiger partial charge in [-0.2, -0.15) is 0 Å². The van der Waals surface area contributed by atoms with Crippen molar-refractivity contribution in [1.82, 2.24) is 0 Å². The SMILES string of the molecule is COc1ccc(C(C)C)cc1N(C)C(=O)CO. The molecule has 0 aromatic heterocycles. The first-order valence-corrected chi connectivity index (χ1v) is 5.56. The van der Waals surface area contributed by atoms with Crippen LogP contribution in [0.3, 0.4) is 0 Å². The van der Waals surface area contributed by atoms with E-state index in [0.29, 0.717) is 17.4 Å². The van der Waals surface area contributed by atoms with E-state index in [1.54, 1.807) is 14.2 Å². The molecule has 0 aliphatic rings. The summed E-state index contributed by atoms with van der Waals surface area (Å²) in [4.78, 5) is 12.9. The Balaban J connectivity index is 3.18. The Morgan fingerprint density at radius 3 is 2.59 bits per heavy atom. The van der Waals surface area contributed by atoms with Gasteiger partial charge in [0.1, 0.15) is 12.4 Å². The number of aliphatic hydroxyl groups is 1. The van der Waals surface area contributed by atoms with Crippen LogP contribution in [-0.2, 0) is 4.79 Å². The zero-order chi connectivity index (χ0) is 13.0. The van der Waals surface area contributed by atoms with Gasteiger partial charge < -0.3 is 14.7 Å². The van der Waals surface area contributed by atoms with Crippen LogP contribution in [0.1, 0.15) is 25.3 Å². The van der Waals surface area contributed by atoms with Crippen molar-refractivity contribution >= 4 is 11.6 Å². The van der Waals surface area contributed by atoms with E-state index in [-0.39, 0.29) is 5.91 Å². The summed E-state index contributed by atoms with van der Waals surface area (Å²) in [5.41, 5.74) is 1.80. The summed E-state index contributed by atoms with van der Waals surface area (Å²) < 4.78 is 5.22. The van der Waals surface area contributed by atoms with Gasteiger partial charge in [0.25, 0.3) is 5.91 Å². The maximum Gasteiger partial charge on any atom is 0.252 e. The number of benzene rings is 1. The first kappa shape index (κ1) is 13.5. The lowest BCUT2D eigenvalue weighted by Gasteiger charge is -2.20. The normalized spacial score (nSPS) is 10.5. The number of ether oxygens (including phenoxy) is 1. The fourth-order valence-corrected chi connectivity index (χ4v) is 1.57. The van der Waals surface area contributed by atoms with Crippen molar-refractivity contribution in [3.05, 3.63) is 23.8 Å². The highest BCUT2D eigenvalue weighted by Crippen LogP contribution is 2.31. The van der Waals surface area contributed by atoms with Gasteiger partial charge in [0.05, 0.1) is 12.8 Å². The Morgan fingerprint density at radius 2 is 2.12 bits per heavy atom. The number of amides is 1. The third kappa shape index (κ3) is 2.97. The molecule has 0 radical (unpaired) electrons. The van der Waals surface area contributed by atoms with Gasteiger partial charge in [-0.05, 0) is 23.6 Å². The number of likely N-dealkylation sites (N-methyl/N-ethyl adjacent to an activating group) is 1. The molecular weight excluding hydrogens is 218 g/mol. The summed E-state index contributed by atoms with van der Waals surface area (Å²) in [6.45, 7) is 3.66. The van der Waals surface area contributed by atoms with Crippen molar-refractivity contribution in [1.29, 1.82) is 0 Å². The number of methoxy groups -OCH3 is 1. The summed E-state index contributed by atoms with van der Waals surface area (Å²) in [7, 11) is 3.19. The van der Waals surface area contributed by atoms with E-state index >= 15 is 0 Å². The van der Waals surface area contributed by atoms with Crippen LogP contribution in [0.5, 0.6) is 5.75 Å². The molecule has 0 aliphatic carbocycles. The largest absolute Gasteiger partial charge is 0.495 e. The fourth-order valence-electron chi connectivity index (χ4n) is 1.57. The second-order valence-corrected chi connectivity index (χ2v) is 4.20. The maximum absolute atomic E-state index is 11.5. The highest BCUT2D eigenvalue weighted by molar-refractivity contribution is 5.95. The van der Waals surface area contributed by atoms with Crippen LogP contribution in [-0.4, -0.2) is 31.8 Å². The molecule has 0 spiro atoms. The van der Waals surface area contributed by atoms with Gasteiger partial charge in [0.15, 0.2) is 0 Å². The minimum atomic E-state index is -0.508. The molecule has 17 heavy (non-hydrogen) atoms. The first-order valence-electron chi connectivity index (χ1n) is 5.56. The predicted octanol–water partition coefficient (Wildman–Crippen LogP) is 1.77. The molecule has 4 heteroatoms. The third-order valence-electron chi connectivity index (χ3n) is 2.74. The number of hydrogen-bond donors (Lipinski definition) is 1. The molecule has 1 amide bonds. The van der Waals surface area contributed by atoms with Crippen molar-refractivity contribution < 1.29 is 14.6 Å². The highest BCUT2D eigenvalue weighted by Gasteiger charge is 2.15. The Hall–Kier alpha value is -1.55. The number of aliphatic hydroxyl groups excluding tert-OH is 1. The molecule has 0 unspecified atom stereocenters. The zero-order valence-corrected chi connectivity index (χ0v) is 10.7. The summed E-state index contributed by atoms with van der Waals surface area (Å²) >= 11 is 0. The second-order valence-electron chi connectivity index (χ2n) is 4.20. The van der Waals surface area contributed by atoms with Crippen molar-refractivity contribution in [3.8, 4) is 5.75 Å². The van der Waals surface area contributed by atoms with Gasteiger partial charge in [0.2, 0.25) is 0 Å². The number of anilines is 1. The van der Waals surface area contributed by atoms with Gasteiger partial charge in [-0.1, -0.05) is 19.9 Å². The summed E-state index contributed by atoms with van der Waals surface area (Å²) in [5.74, 6) is 0.639. The number of carbonyl (C=O) groups excluding carboxylic acids is 1. The van der Waals surface area contributed by atoms with Gasteiger partial charge in [0, 0.05) is 7.05 Å². The first-order chi connectivity index (χ1) is 8.01. The molecule has 0 saturated heterocycles. The molecule has 0 saturated carbocycles. The lowest BCUT2D eigenvalue weighted by molar-refractivity contribution is -0.120. The van der Waals surface area contributed by atoms with Gasteiger partial charge in [-0.3, -0.25) is 4.79 Å². The van der Waals surface area contributed by atoms with Crippen LogP contribution in [0.25, 0.3) is 0 Å². The van der Waals surface area contributed by atoms with E-state index in [9.17, 15) is 4.79 Å². The maximum atomic E-state index is 11.5. The zero-order valence-electron chi connectivity index (χ0n) is 10.7. The number of hydrogen-bond acceptors (Lipinski definition) is 3. The minimum Gasteiger partial charge on any atom is -0.495 e. The lowest BCUT2D eigenvalue weighted by atomic mass is 10.0. The minimum absolute atomic E-state index is 0.357. The monoisotopic (exact) mass is 237 g/mol. The Kier molecular flexibility index (Phi) is 4.52. The van der Waals surface area contributed by atoms with Crippen molar-refractivity contribution in [2.45, 2.75) is 19.8 Å². The van der Waals surface area contributed by atoms with E-state index in [4.69, 9.17) is 9.84 Å². The standard InChI is InChI=1S/C13H19NO3/c1-9(2)10-5-6-12(17-4)11(7-10)14(3)13(16)8-15/h5-7,9,15H,8H2,1-4H3. The van der Waals surface area contributed by atoms with Gasteiger partial charge >= 0.3 is 0 Å². The summed E-state index contributed by atoms with van der Waals surface area (Å²) in [6, 6.07) is 5.73. The topological polar surface area (TPSA) is 49.8 Å². The van der Waals surface area contributed by atoms with E-state index < -0.39 is 6.61 Å². The quantitative estimate of drug-likeness (QED) is 0.868. The average molecular weight is 237 g/mol. The molecule has 0 heterocycles. The number of carbonyl (C=O) groups is 1. The molecule has 1 aromatic carbocycles. The Labute approximate surface area is 102 Å². The molecule has 0 bridgehead atoms.